The molecule has 0 bridgehead atoms. The molecule has 3 aromatic rings. The zero-order valence-electron chi connectivity index (χ0n) is 12.4. The van der Waals surface area contributed by atoms with Gasteiger partial charge in [-0.15, -0.1) is 0 Å². The largest absolute Gasteiger partial charge is 0.449 e. The van der Waals surface area contributed by atoms with E-state index in [1.165, 1.54) is 12.1 Å². The number of hydrogen-bond donors (Lipinski definition) is 1. The van der Waals surface area contributed by atoms with Gasteiger partial charge >= 0.3 is 6.18 Å². The molecule has 0 saturated heterocycles. The number of nitrogens with one attached hydrogen (secondary N) is 1. The first-order valence-electron chi connectivity index (χ1n) is 7.14. The first-order valence-corrected chi connectivity index (χ1v) is 7.14. The fourth-order valence-electron chi connectivity index (χ4n) is 2.34. The molecule has 0 aliphatic heterocycles. The maximum atomic E-state index is 13.2. The van der Waals surface area contributed by atoms with Gasteiger partial charge in [0, 0.05) is 6.20 Å². The second-order valence-electron chi connectivity index (χ2n) is 5.11. The van der Waals surface area contributed by atoms with Gasteiger partial charge in [-0.3, -0.25) is 9.78 Å². The van der Waals surface area contributed by atoms with Crippen molar-refractivity contribution in [3.8, 4) is 0 Å². The lowest BCUT2D eigenvalue weighted by molar-refractivity contribution is -0.147. The number of halogens is 3. The van der Waals surface area contributed by atoms with E-state index in [9.17, 15) is 18.0 Å². The highest BCUT2D eigenvalue weighted by Gasteiger charge is 2.37. The summed E-state index contributed by atoms with van der Waals surface area (Å²) < 4.78 is 40.4. The molecule has 0 aliphatic carbocycles. The lowest BCUT2D eigenvalue weighted by Gasteiger charge is -2.11. The third-order valence-corrected chi connectivity index (χ3v) is 3.40. The quantitative estimate of drug-likeness (QED) is 0.798. The van der Waals surface area contributed by atoms with E-state index in [4.69, 9.17) is 0 Å². The summed E-state index contributed by atoms with van der Waals surface area (Å²) in [6.07, 6.45) is -3.06. The van der Waals surface area contributed by atoms with Crippen molar-refractivity contribution in [1.29, 1.82) is 0 Å². The Morgan fingerprint density at radius 2 is 1.88 bits per heavy atom. The number of aromatic nitrogens is 3. The van der Waals surface area contributed by atoms with Crippen LogP contribution in [0.25, 0.3) is 11.0 Å². The van der Waals surface area contributed by atoms with E-state index < -0.39 is 24.5 Å². The molecule has 0 saturated carbocycles. The highest BCUT2D eigenvalue weighted by atomic mass is 19.4. The van der Waals surface area contributed by atoms with Gasteiger partial charge in [-0.25, -0.2) is 4.98 Å². The molecule has 1 aromatic carbocycles. The first kappa shape index (κ1) is 16.0. The van der Waals surface area contributed by atoms with E-state index in [-0.39, 0.29) is 17.6 Å². The molecule has 3 rings (SSSR count). The first-order chi connectivity index (χ1) is 11.4. The van der Waals surface area contributed by atoms with Crippen molar-refractivity contribution in [3.63, 3.8) is 0 Å². The summed E-state index contributed by atoms with van der Waals surface area (Å²) in [7, 11) is 0. The van der Waals surface area contributed by atoms with Crippen molar-refractivity contribution in [3.05, 3.63) is 60.2 Å². The molecule has 24 heavy (non-hydrogen) atoms. The Bertz CT molecular complexity index is 859. The van der Waals surface area contributed by atoms with Gasteiger partial charge < -0.3 is 9.88 Å². The van der Waals surface area contributed by atoms with Gasteiger partial charge in [0.15, 0.2) is 0 Å². The van der Waals surface area contributed by atoms with E-state index in [2.05, 4.69) is 15.3 Å². The van der Waals surface area contributed by atoms with Gasteiger partial charge in [-0.05, 0) is 24.3 Å². The maximum Gasteiger partial charge on any atom is 0.449 e. The summed E-state index contributed by atoms with van der Waals surface area (Å²) in [4.78, 5) is 19.7. The molecule has 2 aromatic heterocycles. The number of benzene rings is 1. The van der Waals surface area contributed by atoms with E-state index in [0.29, 0.717) is 5.69 Å². The van der Waals surface area contributed by atoms with Crippen LogP contribution in [0.2, 0.25) is 0 Å². The molecule has 2 heterocycles. The highest BCUT2D eigenvalue weighted by Crippen LogP contribution is 2.31. The van der Waals surface area contributed by atoms with Gasteiger partial charge in [-0.1, -0.05) is 18.2 Å². The van der Waals surface area contributed by atoms with E-state index in [1.54, 1.807) is 36.5 Å². The Morgan fingerprint density at radius 1 is 1.12 bits per heavy atom. The van der Waals surface area contributed by atoms with Gasteiger partial charge in [0.25, 0.3) is 0 Å². The standard InChI is InChI=1S/C16H13F3N4O/c17-16(18,19)15-22-12-6-1-2-7-13(12)23(15)10-14(24)21-9-11-5-3-4-8-20-11/h1-8H,9-10H2,(H,21,24). The molecule has 0 atom stereocenters. The number of rotatable bonds is 4. The molecule has 0 aliphatic rings. The van der Waals surface area contributed by atoms with Crippen LogP contribution in [0.15, 0.2) is 48.7 Å². The number of hydrogen-bond acceptors (Lipinski definition) is 3. The number of para-hydroxylation sites is 2. The molecular weight excluding hydrogens is 321 g/mol. The van der Waals surface area contributed by atoms with E-state index in [1.807, 2.05) is 0 Å². The summed E-state index contributed by atoms with van der Waals surface area (Å²) in [5.41, 5.74) is 1.08. The number of pyridine rings is 1. The Morgan fingerprint density at radius 3 is 2.58 bits per heavy atom. The molecular formula is C16H13F3N4O. The molecule has 5 nitrogen and oxygen atoms in total. The third-order valence-electron chi connectivity index (χ3n) is 3.40. The van der Waals surface area contributed by atoms with Crippen molar-refractivity contribution in [2.75, 3.05) is 0 Å². The number of alkyl halides is 3. The van der Waals surface area contributed by atoms with Crippen LogP contribution in [0.4, 0.5) is 13.2 Å². The SMILES string of the molecule is O=C(Cn1c(C(F)(F)F)nc2ccccc21)NCc1ccccn1. The minimum atomic E-state index is -4.64. The number of carbonyl (C=O) groups is 1. The minimum absolute atomic E-state index is 0.146. The predicted molar refractivity (Wildman–Crippen MR) is 80.8 cm³/mol. The van der Waals surface area contributed by atoms with Crippen LogP contribution in [0.1, 0.15) is 11.5 Å². The summed E-state index contributed by atoms with van der Waals surface area (Å²) in [6.45, 7) is -0.324. The van der Waals surface area contributed by atoms with Crippen LogP contribution < -0.4 is 5.32 Å². The van der Waals surface area contributed by atoms with Gasteiger partial charge in [0.1, 0.15) is 6.54 Å². The molecule has 124 valence electrons. The monoisotopic (exact) mass is 334 g/mol. The van der Waals surface area contributed by atoms with E-state index in [0.717, 1.165) is 4.57 Å². The molecule has 0 fully saturated rings. The van der Waals surface area contributed by atoms with Crippen LogP contribution in [-0.4, -0.2) is 20.4 Å². The van der Waals surface area contributed by atoms with Crippen molar-refractivity contribution < 1.29 is 18.0 Å². The summed E-state index contributed by atoms with van der Waals surface area (Å²) >= 11 is 0. The second kappa shape index (κ2) is 6.31. The van der Waals surface area contributed by atoms with E-state index >= 15 is 0 Å². The number of imidazole rings is 1. The van der Waals surface area contributed by atoms with Crippen LogP contribution in [0.3, 0.4) is 0 Å². The Labute approximate surface area is 135 Å². The molecule has 0 unspecified atom stereocenters. The minimum Gasteiger partial charge on any atom is -0.349 e. The smallest absolute Gasteiger partial charge is 0.349 e. The molecule has 1 N–H and O–H groups in total. The molecule has 0 spiro atoms. The number of amides is 1. The Hall–Kier alpha value is -2.90. The van der Waals surface area contributed by atoms with Crippen LogP contribution in [0.5, 0.6) is 0 Å². The molecule has 0 radical (unpaired) electrons. The van der Waals surface area contributed by atoms with Gasteiger partial charge in [0.2, 0.25) is 11.7 Å². The fourth-order valence-corrected chi connectivity index (χ4v) is 2.34. The summed E-state index contributed by atoms with van der Waals surface area (Å²) in [5, 5.41) is 2.56. The Kier molecular flexibility index (Phi) is 4.20. The lowest BCUT2D eigenvalue weighted by Crippen LogP contribution is -2.29. The third kappa shape index (κ3) is 3.37. The highest BCUT2D eigenvalue weighted by molar-refractivity contribution is 5.81. The second-order valence-corrected chi connectivity index (χ2v) is 5.11. The van der Waals surface area contributed by atoms with Gasteiger partial charge in [-0.2, -0.15) is 13.2 Å². The summed E-state index contributed by atoms with van der Waals surface area (Å²) in [5.74, 6) is -1.63. The van der Waals surface area contributed by atoms with Crippen LogP contribution >= 0.6 is 0 Å². The van der Waals surface area contributed by atoms with Crippen LogP contribution in [-0.2, 0) is 24.1 Å². The fraction of sp³-hybridized carbons (Fsp3) is 0.188. The maximum absolute atomic E-state index is 13.2. The predicted octanol–water partition coefficient (Wildman–Crippen LogP) is 2.77. The number of fused-ring (bicyclic) bond motifs is 1. The Balaban J connectivity index is 1.82. The van der Waals surface area contributed by atoms with Crippen LogP contribution in [0, 0.1) is 0 Å². The van der Waals surface area contributed by atoms with Crippen molar-refractivity contribution in [2.45, 2.75) is 19.3 Å². The number of carbonyl (C=O) groups excluding carboxylic acids is 1. The topological polar surface area (TPSA) is 59.8 Å². The average molecular weight is 334 g/mol. The summed E-state index contributed by atoms with van der Waals surface area (Å²) in [6, 6.07) is 11.4. The van der Waals surface area contributed by atoms with Gasteiger partial charge in [0.05, 0.1) is 23.3 Å². The average Bonchev–Trinajstić information content (AvgIpc) is 2.93. The van der Waals surface area contributed by atoms with Crippen molar-refractivity contribution in [1.82, 2.24) is 19.9 Å². The zero-order valence-corrected chi connectivity index (χ0v) is 12.4. The molecule has 8 heteroatoms. The van der Waals surface area contributed by atoms with Crippen molar-refractivity contribution in [2.24, 2.45) is 0 Å². The van der Waals surface area contributed by atoms with Crippen molar-refractivity contribution >= 4 is 16.9 Å². The lowest BCUT2D eigenvalue weighted by atomic mass is 10.3. The molecule has 1 amide bonds. The normalized spacial score (nSPS) is 11.6. The number of nitrogens with zero attached hydrogens (tertiary/aromatic N) is 3. The zero-order chi connectivity index (χ0) is 17.2.